The molecule has 0 saturated carbocycles. The summed E-state index contributed by atoms with van der Waals surface area (Å²) in [6.07, 6.45) is 1.18. The lowest BCUT2D eigenvalue weighted by Gasteiger charge is -2.31. The number of rotatable bonds is 3. The molecule has 110 valence electrons. The van der Waals surface area contributed by atoms with Crippen molar-refractivity contribution in [1.82, 2.24) is 4.90 Å². The normalized spacial score (nSPS) is 29.4. The van der Waals surface area contributed by atoms with Crippen LogP contribution in [0.2, 0.25) is 0 Å². The predicted molar refractivity (Wildman–Crippen MR) is 78.3 cm³/mol. The van der Waals surface area contributed by atoms with Crippen molar-refractivity contribution >= 4 is 0 Å². The lowest BCUT2D eigenvalue weighted by molar-refractivity contribution is -0.147. The molecule has 0 radical (unpaired) electrons. The molecule has 20 heavy (non-hydrogen) atoms. The Hall–Kier alpha value is -0.940. The molecule has 0 unspecified atom stereocenters. The summed E-state index contributed by atoms with van der Waals surface area (Å²) in [6.45, 7) is 7.39. The van der Waals surface area contributed by atoms with Gasteiger partial charge in [0.1, 0.15) is 12.2 Å². The van der Waals surface area contributed by atoms with E-state index in [1.54, 1.807) is 0 Å². The molecule has 2 aliphatic rings. The van der Waals surface area contributed by atoms with Crippen LogP contribution in [0.15, 0.2) is 24.3 Å². The van der Waals surface area contributed by atoms with Gasteiger partial charge >= 0.3 is 0 Å². The Bertz CT molecular complexity index is 475. The molecule has 3 rings (SSSR count). The number of hydrogen-bond donors (Lipinski definition) is 1. The molecule has 0 aliphatic carbocycles. The van der Waals surface area contributed by atoms with Gasteiger partial charge in [0.25, 0.3) is 0 Å². The molecule has 2 N–H and O–H groups in total. The molecule has 0 spiro atoms. The Morgan fingerprint density at radius 1 is 1.20 bits per heavy atom. The zero-order chi connectivity index (χ0) is 14.2. The highest BCUT2D eigenvalue weighted by Crippen LogP contribution is 2.29. The van der Waals surface area contributed by atoms with Gasteiger partial charge in [0.15, 0.2) is 5.79 Å². The molecule has 0 aromatic heterocycles. The lowest BCUT2D eigenvalue weighted by atomic mass is 9.99. The van der Waals surface area contributed by atoms with Gasteiger partial charge in [-0.15, -0.1) is 0 Å². The minimum Gasteiger partial charge on any atom is -0.343 e. The number of ether oxygens (including phenoxy) is 2. The zero-order valence-electron chi connectivity index (χ0n) is 12.3. The second-order valence-electron chi connectivity index (χ2n) is 6.20. The average molecular weight is 276 g/mol. The molecule has 2 heterocycles. The van der Waals surface area contributed by atoms with Crippen LogP contribution in [0, 0.1) is 0 Å². The highest BCUT2D eigenvalue weighted by atomic mass is 16.8. The number of nitrogens with two attached hydrogens (primary N) is 1. The van der Waals surface area contributed by atoms with E-state index in [2.05, 4.69) is 29.2 Å². The third kappa shape index (κ3) is 2.88. The van der Waals surface area contributed by atoms with E-state index in [1.807, 2.05) is 13.8 Å². The van der Waals surface area contributed by atoms with E-state index in [0.29, 0.717) is 6.54 Å². The molecule has 4 nitrogen and oxygen atoms in total. The summed E-state index contributed by atoms with van der Waals surface area (Å²) in [5.41, 5.74) is 8.71. The number of hydrogen-bond acceptors (Lipinski definition) is 4. The van der Waals surface area contributed by atoms with Crippen LogP contribution in [0.5, 0.6) is 0 Å². The summed E-state index contributed by atoms with van der Waals surface area (Å²) in [5, 5.41) is 0. The minimum absolute atomic E-state index is 0.00201. The van der Waals surface area contributed by atoms with Crippen LogP contribution < -0.4 is 5.73 Å². The first-order valence-corrected chi connectivity index (χ1v) is 7.42. The summed E-state index contributed by atoms with van der Waals surface area (Å²) in [4.78, 5) is 2.44. The average Bonchev–Trinajstić information content (AvgIpc) is 2.73. The summed E-state index contributed by atoms with van der Waals surface area (Å²) < 4.78 is 11.8. The highest BCUT2D eigenvalue weighted by Gasteiger charge is 2.41. The van der Waals surface area contributed by atoms with E-state index >= 15 is 0 Å². The van der Waals surface area contributed by atoms with Gasteiger partial charge in [-0.2, -0.15) is 0 Å². The van der Waals surface area contributed by atoms with Crippen LogP contribution in [-0.2, 0) is 22.4 Å². The van der Waals surface area contributed by atoms with Crippen molar-refractivity contribution in [3.8, 4) is 0 Å². The Morgan fingerprint density at radius 2 is 1.90 bits per heavy atom. The minimum atomic E-state index is -0.512. The van der Waals surface area contributed by atoms with Crippen LogP contribution in [0.4, 0.5) is 0 Å². The SMILES string of the molecule is CC1(C)O[C@H](CN)[C@@H](CN2CCc3ccccc3C2)O1. The molecule has 2 aliphatic heterocycles. The van der Waals surface area contributed by atoms with E-state index in [0.717, 1.165) is 26.1 Å². The standard InChI is InChI=1S/C16H24N2O2/c1-16(2)19-14(9-17)15(20-16)11-18-8-7-12-5-3-4-6-13(12)10-18/h3-6,14-15H,7-11,17H2,1-2H3/t14-,15-/m1/s1. The monoisotopic (exact) mass is 276 g/mol. The summed E-state index contributed by atoms with van der Waals surface area (Å²) in [6, 6.07) is 8.68. The largest absolute Gasteiger partial charge is 0.343 e. The van der Waals surface area contributed by atoms with E-state index < -0.39 is 5.79 Å². The number of benzene rings is 1. The maximum atomic E-state index is 6.00. The van der Waals surface area contributed by atoms with Crippen molar-refractivity contribution in [2.45, 2.75) is 44.8 Å². The molecule has 0 bridgehead atoms. The van der Waals surface area contributed by atoms with Crippen LogP contribution in [0.25, 0.3) is 0 Å². The van der Waals surface area contributed by atoms with Gasteiger partial charge in [0.05, 0.1) is 0 Å². The first kappa shape index (κ1) is 14.0. The highest BCUT2D eigenvalue weighted by molar-refractivity contribution is 5.29. The van der Waals surface area contributed by atoms with Gasteiger partial charge in [0, 0.05) is 26.2 Å². The Labute approximate surface area is 120 Å². The van der Waals surface area contributed by atoms with Gasteiger partial charge in [-0.1, -0.05) is 24.3 Å². The first-order valence-electron chi connectivity index (χ1n) is 7.42. The van der Waals surface area contributed by atoms with Crippen LogP contribution in [0.3, 0.4) is 0 Å². The van der Waals surface area contributed by atoms with Crippen molar-refractivity contribution in [3.05, 3.63) is 35.4 Å². The summed E-state index contributed by atoms with van der Waals surface area (Å²) in [7, 11) is 0. The van der Waals surface area contributed by atoms with E-state index in [4.69, 9.17) is 15.2 Å². The molecule has 2 atom stereocenters. The second-order valence-corrected chi connectivity index (χ2v) is 6.20. The van der Waals surface area contributed by atoms with Crippen molar-refractivity contribution in [2.24, 2.45) is 5.73 Å². The van der Waals surface area contributed by atoms with Crippen molar-refractivity contribution in [2.75, 3.05) is 19.6 Å². The fraction of sp³-hybridized carbons (Fsp3) is 0.625. The maximum Gasteiger partial charge on any atom is 0.163 e. The fourth-order valence-electron chi connectivity index (χ4n) is 3.23. The van der Waals surface area contributed by atoms with Gasteiger partial charge in [-0.05, 0) is 31.4 Å². The van der Waals surface area contributed by atoms with Crippen molar-refractivity contribution in [3.63, 3.8) is 0 Å². The molecule has 1 aromatic carbocycles. The third-order valence-electron chi connectivity index (χ3n) is 4.17. The molecule has 4 heteroatoms. The number of fused-ring (bicyclic) bond motifs is 1. The molecular formula is C16H24N2O2. The van der Waals surface area contributed by atoms with Crippen LogP contribution in [-0.4, -0.2) is 42.5 Å². The van der Waals surface area contributed by atoms with E-state index in [9.17, 15) is 0 Å². The molecule has 1 saturated heterocycles. The Kier molecular flexibility index (Phi) is 3.82. The fourth-order valence-corrected chi connectivity index (χ4v) is 3.23. The van der Waals surface area contributed by atoms with Crippen LogP contribution in [0.1, 0.15) is 25.0 Å². The topological polar surface area (TPSA) is 47.7 Å². The van der Waals surface area contributed by atoms with Gasteiger partial charge in [-0.25, -0.2) is 0 Å². The quantitative estimate of drug-likeness (QED) is 0.909. The number of nitrogens with zero attached hydrogens (tertiary/aromatic N) is 1. The Morgan fingerprint density at radius 3 is 2.65 bits per heavy atom. The first-order chi connectivity index (χ1) is 9.57. The van der Waals surface area contributed by atoms with Gasteiger partial charge < -0.3 is 15.2 Å². The molecule has 1 aromatic rings. The molecule has 1 fully saturated rings. The van der Waals surface area contributed by atoms with Gasteiger partial charge in [0.2, 0.25) is 0 Å². The maximum absolute atomic E-state index is 6.00. The van der Waals surface area contributed by atoms with Crippen molar-refractivity contribution < 1.29 is 9.47 Å². The zero-order valence-corrected chi connectivity index (χ0v) is 12.3. The van der Waals surface area contributed by atoms with E-state index in [1.165, 1.54) is 11.1 Å². The van der Waals surface area contributed by atoms with Gasteiger partial charge in [-0.3, -0.25) is 4.90 Å². The second kappa shape index (κ2) is 5.45. The summed E-state index contributed by atoms with van der Waals surface area (Å²) in [5.74, 6) is -0.512. The lowest BCUT2D eigenvalue weighted by Crippen LogP contribution is -2.42. The van der Waals surface area contributed by atoms with E-state index in [-0.39, 0.29) is 12.2 Å². The molecular weight excluding hydrogens is 252 g/mol. The summed E-state index contributed by atoms with van der Waals surface area (Å²) >= 11 is 0. The Balaban J connectivity index is 1.65. The molecule has 0 amide bonds. The smallest absolute Gasteiger partial charge is 0.163 e. The third-order valence-corrected chi connectivity index (χ3v) is 4.17. The predicted octanol–water partition coefficient (Wildman–Crippen LogP) is 1.52. The van der Waals surface area contributed by atoms with Crippen molar-refractivity contribution in [1.29, 1.82) is 0 Å². The van der Waals surface area contributed by atoms with Crippen LogP contribution >= 0.6 is 0 Å².